The monoisotopic (exact) mass is 427 g/mol. The van der Waals surface area contributed by atoms with Crippen molar-refractivity contribution in [1.29, 1.82) is 0 Å². The predicted octanol–water partition coefficient (Wildman–Crippen LogP) is 5.91. The summed E-state index contributed by atoms with van der Waals surface area (Å²) in [5, 5.41) is 12.0. The van der Waals surface area contributed by atoms with Crippen molar-refractivity contribution in [2.75, 3.05) is 5.32 Å². The molecule has 0 fully saturated rings. The van der Waals surface area contributed by atoms with Gasteiger partial charge in [-0.05, 0) is 48.5 Å². The van der Waals surface area contributed by atoms with E-state index in [2.05, 4.69) is 15.3 Å². The second-order valence-corrected chi connectivity index (χ2v) is 6.44. The van der Waals surface area contributed by atoms with Crippen LogP contribution in [0.5, 0.6) is 0 Å². The Labute approximate surface area is 166 Å². The number of hydrogen-bond donors (Lipinski definition) is 2. The smallest absolute Gasteiger partial charge is 0.433 e. The van der Waals surface area contributed by atoms with Gasteiger partial charge < -0.3 is 10.4 Å². The number of aromatic nitrogens is 2. The van der Waals surface area contributed by atoms with Gasteiger partial charge in [0.2, 0.25) is 5.95 Å². The minimum Gasteiger partial charge on any atom is -0.478 e. The van der Waals surface area contributed by atoms with Crippen molar-refractivity contribution in [3.05, 3.63) is 69.8 Å². The number of benzene rings is 2. The standard InChI is InChI=1S/C18H10Cl2F3N3O2/c19-10-3-6-13(20)12(7-10)14-8-15(18(21,22)23)26-17(25-14)24-11-4-1-9(2-5-11)16(27)28/h1-8H,(H,27,28)(H,24,25,26). The van der Waals surface area contributed by atoms with Crippen molar-refractivity contribution in [2.45, 2.75) is 6.18 Å². The molecule has 1 heterocycles. The van der Waals surface area contributed by atoms with Gasteiger partial charge >= 0.3 is 12.1 Å². The summed E-state index contributed by atoms with van der Waals surface area (Å²) in [5.74, 6) is -1.45. The molecule has 1 aromatic heterocycles. The molecule has 0 unspecified atom stereocenters. The molecule has 0 spiro atoms. The Morgan fingerprint density at radius 3 is 2.29 bits per heavy atom. The average molecular weight is 428 g/mol. The molecule has 5 nitrogen and oxygen atoms in total. The molecule has 3 aromatic rings. The maximum absolute atomic E-state index is 13.3. The lowest BCUT2D eigenvalue weighted by atomic mass is 10.1. The number of carbonyl (C=O) groups is 1. The second-order valence-electron chi connectivity index (χ2n) is 5.59. The Balaban J connectivity index is 2.05. The SMILES string of the molecule is O=C(O)c1ccc(Nc2nc(-c3cc(Cl)ccc3Cl)cc(C(F)(F)F)n2)cc1. The van der Waals surface area contributed by atoms with E-state index in [1.807, 2.05) is 0 Å². The first-order valence-corrected chi connectivity index (χ1v) is 8.41. The molecule has 10 heteroatoms. The van der Waals surface area contributed by atoms with Crippen LogP contribution in [-0.2, 0) is 6.18 Å². The molecule has 0 radical (unpaired) electrons. The third kappa shape index (κ3) is 4.52. The minimum atomic E-state index is -4.72. The Morgan fingerprint density at radius 2 is 1.68 bits per heavy atom. The van der Waals surface area contributed by atoms with E-state index >= 15 is 0 Å². The number of halogens is 5. The zero-order valence-electron chi connectivity index (χ0n) is 13.8. The van der Waals surface area contributed by atoms with Crippen molar-refractivity contribution in [3.8, 4) is 11.3 Å². The van der Waals surface area contributed by atoms with Crippen LogP contribution in [0.3, 0.4) is 0 Å². The van der Waals surface area contributed by atoms with E-state index in [0.29, 0.717) is 5.69 Å². The highest BCUT2D eigenvalue weighted by Crippen LogP contribution is 2.35. The topological polar surface area (TPSA) is 75.1 Å². The predicted molar refractivity (Wildman–Crippen MR) is 99.2 cm³/mol. The summed E-state index contributed by atoms with van der Waals surface area (Å²) in [6.07, 6.45) is -4.72. The molecular formula is C18H10Cl2F3N3O2. The highest BCUT2D eigenvalue weighted by atomic mass is 35.5. The number of carboxylic acid groups (broad SMARTS) is 1. The van der Waals surface area contributed by atoms with Gasteiger partial charge in [0.25, 0.3) is 0 Å². The fourth-order valence-corrected chi connectivity index (χ4v) is 2.69. The number of nitrogens with one attached hydrogen (secondary N) is 1. The van der Waals surface area contributed by atoms with Crippen molar-refractivity contribution in [2.24, 2.45) is 0 Å². The van der Waals surface area contributed by atoms with Gasteiger partial charge in [-0.3, -0.25) is 0 Å². The highest BCUT2D eigenvalue weighted by Gasteiger charge is 2.34. The van der Waals surface area contributed by atoms with Crippen LogP contribution >= 0.6 is 23.2 Å². The summed E-state index contributed by atoms with van der Waals surface area (Å²) < 4.78 is 39.8. The first-order valence-electron chi connectivity index (χ1n) is 7.65. The third-order valence-electron chi connectivity index (χ3n) is 3.61. The van der Waals surface area contributed by atoms with Crippen LogP contribution in [-0.4, -0.2) is 21.0 Å². The number of nitrogens with zero attached hydrogens (tertiary/aromatic N) is 2. The molecule has 0 atom stereocenters. The Hall–Kier alpha value is -2.84. The number of rotatable bonds is 4. The third-order valence-corrected chi connectivity index (χ3v) is 4.17. The fourth-order valence-electron chi connectivity index (χ4n) is 2.31. The average Bonchev–Trinajstić information content (AvgIpc) is 2.63. The largest absolute Gasteiger partial charge is 0.478 e. The quantitative estimate of drug-likeness (QED) is 0.541. The molecule has 0 aliphatic rings. The van der Waals surface area contributed by atoms with Crippen molar-refractivity contribution < 1.29 is 23.1 Å². The van der Waals surface area contributed by atoms with Crippen LogP contribution < -0.4 is 5.32 Å². The van der Waals surface area contributed by atoms with Crippen molar-refractivity contribution in [3.63, 3.8) is 0 Å². The summed E-state index contributed by atoms with van der Waals surface area (Å²) in [6, 6.07) is 10.5. The van der Waals surface area contributed by atoms with Crippen LogP contribution in [0, 0.1) is 0 Å². The van der Waals surface area contributed by atoms with E-state index in [-0.39, 0.29) is 32.8 Å². The van der Waals surface area contributed by atoms with Gasteiger partial charge in [-0.2, -0.15) is 13.2 Å². The first-order chi connectivity index (χ1) is 13.1. The number of carboxylic acids is 1. The molecule has 2 aromatic carbocycles. The number of anilines is 2. The van der Waals surface area contributed by atoms with E-state index in [0.717, 1.165) is 6.07 Å². The molecule has 0 amide bonds. The highest BCUT2D eigenvalue weighted by molar-refractivity contribution is 6.35. The summed E-state index contributed by atoms with van der Waals surface area (Å²) in [4.78, 5) is 18.5. The van der Waals surface area contributed by atoms with Gasteiger partial charge in [-0.15, -0.1) is 0 Å². The first kappa shape index (κ1) is 19.9. The van der Waals surface area contributed by atoms with Crippen molar-refractivity contribution in [1.82, 2.24) is 9.97 Å². The minimum absolute atomic E-state index is 0.0295. The molecule has 0 saturated carbocycles. The molecule has 0 saturated heterocycles. The summed E-state index contributed by atoms with van der Waals surface area (Å²) in [5.41, 5.74) is -0.682. The van der Waals surface area contributed by atoms with Crippen LogP contribution in [0.2, 0.25) is 10.0 Å². The molecule has 144 valence electrons. The molecule has 28 heavy (non-hydrogen) atoms. The lowest BCUT2D eigenvalue weighted by Gasteiger charge is -2.13. The summed E-state index contributed by atoms with van der Waals surface area (Å²) in [6.45, 7) is 0. The second kappa shape index (κ2) is 7.65. The van der Waals surface area contributed by atoms with Gasteiger partial charge in [-0.25, -0.2) is 14.8 Å². The van der Waals surface area contributed by atoms with Gasteiger partial charge in [0.1, 0.15) is 0 Å². The molecule has 0 aliphatic heterocycles. The number of aromatic carboxylic acids is 1. The molecule has 0 bridgehead atoms. The molecule has 2 N–H and O–H groups in total. The Morgan fingerprint density at radius 1 is 1.00 bits per heavy atom. The Bertz CT molecular complexity index is 1040. The molecule has 0 aliphatic carbocycles. The maximum Gasteiger partial charge on any atom is 0.433 e. The zero-order chi connectivity index (χ0) is 20.5. The normalized spacial score (nSPS) is 11.3. The van der Waals surface area contributed by atoms with E-state index in [1.165, 1.54) is 42.5 Å². The maximum atomic E-state index is 13.3. The molecular weight excluding hydrogens is 418 g/mol. The van der Waals surface area contributed by atoms with E-state index in [4.69, 9.17) is 28.3 Å². The fraction of sp³-hybridized carbons (Fsp3) is 0.0556. The zero-order valence-corrected chi connectivity index (χ0v) is 15.3. The lowest BCUT2D eigenvalue weighted by molar-refractivity contribution is -0.141. The van der Waals surface area contributed by atoms with E-state index < -0.39 is 17.8 Å². The van der Waals surface area contributed by atoms with Crippen molar-refractivity contribution >= 4 is 40.8 Å². The van der Waals surface area contributed by atoms with Crippen LogP contribution in [0.15, 0.2) is 48.5 Å². The van der Waals surface area contributed by atoms with Gasteiger partial charge in [0, 0.05) is 16.3 Å². The van der Waals surface area contributed by atoms with Crippen LogP contribution in [0.4, 0.5) is 24.8 Å². The number of hydrogen-bond acceptors (Lipinski definition) is 4. The van der Waals surface area contributed by atoms with Gasteiger partial charge in [0.15, 0.2) is 5.69 Å². The van der Waals surface area contributed by atoms with Crippen LogP contribution in [0.25, 0.3) is 11.3 Å². The summed E-state index contributed by atoms with van der Waals surface area (Å²) in [7, 11) is 0. The lowest BCUT2D eigenvalue weighted by Crippen LogP contribution is -2.11. The molecule has 3 rings (SSSR count). The van der Waals surface area contributed by atoms with Crippen LogP contribution in [0.1, 0.15) is 16.1 Å². The van der Waals surface area contributed by atoms with E-state index in [9.17, 15) is 18.0 Å². The number of alkyl halides is 3. The Kier molecular flexibility index (Phi) is 5.44. The van der Waals surface area contributed by atoms with E-state index in [1.54, 1.807) is 0 Å². The van der Waals surface area contributed by atoms with Gasteiger partial charge in [0.05, 0.1) is 16.3 Å². The summed E-state index contributed by atoms with van der Waals surface area (Å²) >= 11 is 12.0. The van der Waals surface area contributed by atoms with Gasteiger partial charge in [-0.1, -0.05) is 23.2 Å².